The second kappa shape index (κ2) is 34.0. The molecule has 0 aromatic carbocycles. The molecular formula is C42H70N6O12. The molecule has 0 spiro atoms. The number of ether oxygens (including phenoxy) is 2. The first-order valence-corrected chi connectivity index (χ1v) is 21.6. The maximum Gasteiger partial charge on any atom is 0.326 e. The van der Waals surface area contributed by atoms with Crippen LogP contribution in [0.3, 0.4) is 0 Å². The van der Waals surface area contributed by atoms with Gasteiger partial charge < -0.3 is 46.4 Å². The first kappa shape index (κ1) is 53.3. The number of aliphatic carboxylic acids is 2. The second-order valence-corrected chi connectivity index (χ2v) is 15.2. The fraction of sp³-hybridized carbons (Fsp3) is 0.738. The van der Waals surface area contributed by atoms with E-state index in [0.29, 0.717) is 45.1 Å². The Balaban J connectivity index is 2.13. The Hall–Kier alpha value is -4.71. The highest BCUT2D eigenvalue weighted by atomic mass is 16.5. The van der Waals surface area contributed by atoms with Crippen molar-refractivity contribution < 1.29 is 58.0 Å². The summed E-state index contributed by atoms with van der Waals surface area (Å²) in [6.45, 7) is 2.94. The molecule has 0 aliphatic rings. The van der Waals surface area contributed by atoms with Crippen molar-refractivity contribution in [3.63, 3.8) is 0 Å². The van der Waals surface area contributed by atoms with Crippen molar-refractivity contribution in [1.82, 2.24) is 25.9 Å². The first-order chi connectivity index (χ1) is 28.8. The molecule has 60 heavy (non-hydrogen) atoms. The Morgan fingerprint density at radius 1 is 0.667 bits per heavy atom. The number of carboxylic acids is 2. The fourth-order valence-electron chi connectivity index (χ4n) is 6.37. The second-order valence-electron chi connectivity index (χ2n) is 15.2. The van der Waals surface area contributed by atoms with E-state index in [-0.39, 0.29) is 89.6 Å². The fourth-order valence-corrected chi connectivity index (χ4v) is 6.37. The van der Waals surface area contributed by atoms with Crippen LogP contribution in [0.25, 0.3) is 0 Å². The minimum absolute atomic E-state index is 0.0486. The van der Waals surface area contributed by atoms with Crippen molar-refractivity contribution in [2.24, 2.45) is 17.6 Å². The van der Waals surface area contributed by atoms with Gasteiger partial charge in [0.2, 0.25) is 23.6 Å². The standard InChI is InChI=1S/C42H70N6O12/c1-2-3-4-5-6-7-8-9-10-14-38(52)48-36(42(57)58)19-18-35(50)27-32(41(55)56)15-20-37(51)46-22-23-59-24-25-60-29-39(53)45-21-12-11-13-31(40(43)54)26-34(49)17-16-33-28-44-30-47-33/h28,30-32,36H,2-27,29H2,1H3,(H2,43,54)(H,44,47)(H,45,53)(H,46,51)(H,48,52)(H,55,56)(H,57,58)/t31-,32-,36?/m1/s1. The summed E-state index contributed by atoms with van der Waals surface area (Å²) in [7, 11) is 0. The Labute approximate surface area is 353 Å². The number of hydrogen-bond donors (Lipinski definition) is 7. The van der Waals surface area contributed by atoms with Crippen molar-refractivity contribution in [3.05, 3.63) is 18.2 Å². The van der Waals surface area contributed by atoms with Gasteiger partial charge in [0.1, 0.15) is 24.2 Å². The van der Waals surface area contributed by atoms with Gasteiger partial charge in [-0.2, -0.15) is 0 Å². The van der Waals surface area contributed by atoms with Gasteiger partial charge in [-0.25, -0.2) is 9.78 Å². The van der Waals surface area contributed by atoms with Crippen molar-refractivity contribution >= 4 is 47.1 Å². The number of Topliss-reactive ketones (excluding diaryl/α,β-unsaturated/α-hetero) is 2. The molecule has 0 fully saturated rings. The van der Waals surface area contributed by atoms with Gasteiger partial charge in [0.05, 0.1) is 32.1 Å². The van der Waals surface area contributed by atoms with E-state index < -0.39 is 53.3 Å². The van der Waals surface area contributed by atoms with Crippen LogP contribution in [-0.2, 0) is 54.3 Å². The molecule has 18 heteroatoms. The van der Waals surface area contributed by atoms with Crippen LogP contribution in [0.4, 0.5) is 0 Å². The molecule has 0 aliphatic carbocycles. The van der Waals surface area contributed by atoms with E-state index in [1.54, 1.807) is 6.20 Å². The van der Waals surface area contributed by atoms with Gasteiger partial charge in [-0.15, -0.1) is 0 Å². The van der Waals surface area contributed by atoms with E-state index in [4.69, 9.17) is 15.2 Å². The van der Waals surface area contributed by atoms with Crippen LogP contribution in [0, 0.1) is 11.8 Å². The molecule has 340 valence electrons. The lowest BCUT2D eigenvalue weighted by atomic mass is 9.94. The number of amides is 4. The van der Waals surface area contributed by atoms with Crippen LogP contribution in [0.5, 0.6) is 0 Å². The summed E-state index contributed by atoms with van der Waals surface area (Å²) in [5, 5.41) is 26.9. The average Bonchev–Trinajstić information content (AvgIpc) is 3.73. The zero-order chi connectivity index (χ0) is 44.4. The van der Waals surface area contributed by atoms with Gasteiger partial charge in [-0.05, 0) is 38.5 Å². The van der Waals surface area contributed by atoms with Crippen molar-refractivity contribution in [2.75, 3.05) is 39.5 Å². The van der Waals surface area contributed by atoms with Crippen LogP contribution in [0.15, 0.2) is 12.5 Å². The molecule has 3 atom stereocenters. The van der Waals surface area contributed by atoms with Crippen LogP contribution < -0.4 is 21.7 Å². The van der Waals surface area contributed by atoms with E-state index in [9.17, 15) is 48.6 Å². The zero-order valence-electron chi connectivity index (χ0n) is 35.5. The Morgan fingerprint density at radius 3 is 1.97 bits per heavy atom. The molecule has 8 N–H and O–H groups in total. The Morgan fingerprint density at radius 2 is 1.32 bits per heavy atom. The molecule has 0 bridgehead atoms. The lowest BCUT2D eigenvalue weighted by molar-refractivity contribution is -0.145. The summed E-state index contributed by atoms with van der Waals surface area (Å²) in [5.74, 6) is -6.37. The largest absolute Gasteiger partial charge is 0.481 e. The molecule has 1 rings (SSSR count). The van der Waals surface area contributed by atoms with Crippen LogP contribution in [-0.4, -0.2) is 113 Å². The average molecular weight is 851 g/mol. The highest BCUT2D eigenvalue weighted by Gasteiger charge is 2.25. The number of aryl methyl sites for hydroxylation is 1. The smallest absolute Gasteiger partial charge is 0.326 e. The third-order valence-corrected chi connectivity index (χ3v) is 9.98. The van der Waals surface area contributed by atoms with Crippen molar-refractivity contribution in [1.29, 1.82) is 0 Å². The number of hydrogen-bond acceptors (Lipinski definition) is 11. The van der Waals surface area contributed by atoms with Crippen molar-refractivity contribution in [2.45, 2.75) is 148 Å². The minimum Gasteiger partial charge on any atom is -0.481 e. The molecule has 0 saturated heterocycles. The van der Waals surface area contributed by atoms with Crippen molar-refractivity contribution in [3.8, 4) is 0 Å². The zero-order valence-corrected chi connectivity index (χ0v) is 35.5. The summed E-state index contributed by atoms with van der Waals surface area (Å²) >= 11 is 0. The van der Waals surface area contributed by atoms with Gasteiger partial charge in [-0.1, -0.05) is 64.7 Å². The number of nitrogens with two attached hydrogens (primary N) is 1. The normalized spacial score (nSPS) is 12.6. The number of unbranched alkanes of at least 4 members (excludes halogenated alkanes) is 9. The van der Waals surface area contributed by atoms with E-state index in [0.717, 1.165) is 25.0 Å². The predicted molar refractivity (Wildman–Crippen MR) is 221 cm³/mol. The third kappa shape index (κ3) is 28.7. The van der Waals surface area contributed by atoms with E-state index in [2.05, 4.69) is 32.8 Å². The number of carboxylic acid groups (broad SMARTS) is 2. The molecule has 0 saturated carbocycles. The lowest BCUT2D eigenvalue weighted by Gasteiger charge is -2.15. The van der Waals surface area contributed by atoms with Gasteiger partial charge in [0.25, 0.3) is 0 Å². The highest BCUT2D eigenvalue weighted by Crippen LogP contribution is 2.17. The molecule has 1 heterocycles. The summed E-state index contributed by atoms with van der Waals surface area (Å²) in [6, 6.07) is -1.25. The number of nitrogens with zero attached hydrogens (tertiary/aromatic N) is 1. The number of aromatic nitrogens is 2. The number of carbonyl (C=O) groups is 8. The molecule has 1 unspecified atom stereocenters. The van der Waals surface area contributed by atoms with Gasteiger partial charge in [-0.3, -0.25) is 33.6 Å². The number of imidazole rings is 1. The quantitative estimate of drug-likeness (QED) is 0.0466. The summed E-state index contributed by atoms with van der Waals surface area (Å²) in [5.41, 5.74) is 6.33. The van der Waals surface area contributed by atoms with E-state index in [1.807, 2.05) is 0 Å². The van der Waals surface area contributed by atoms with Gasteiger partial charge >= 0.3 is 11.9 Å². The monoisotopic (exact) mass is 851 g/mol. The Bertz CT molecular complexity index is 1420. The molecule has 1 aromatic rings. The Kier molecular flexibility index (Phi) is 30.3. The number of nitrogens with one attached hydrogen (secondary N) is 4. The number of H-pyrrole nitrogens is 1. The van der Waals surface area contributed by atoms with E-state index in [1.165, 1.54) is 38.4 Å². The summed E-state index contributed by atoms with van der Waals surface area (Å²) in [4.78, 5) is 104. The van der Waals surface area contributed by atoms with Crippen LogP contribution in [0.2, 0.25) is 0 Å². The maximum absolute atomic E-state index is 12.6. The molecule has 1 aromatic heterocycles. The number of rotatable bonds is 40. The third-order valence-electron chi connectivity index (χ3n) is 9.98. The molecule has 4 amide bonds. The number of primary amides is 1. The number of aromatic amines is 1. The van der Waals surface area contributed by atoms with Gasteiger partial charge in [0, 0.05) is 69.4 Å². The van der Waals surface area contributed by atoms with Crippen LogP contribution >= 0.6 is 0 Å². The number of ketones is 2. The van der Waals surface area contributed by atoms with E-state index >= 15 is 0 Å². The molecule has 0 aliphatic heterocycles. The van der Waals surface area contributed by atoms with Gasteiger partial charge in [0.15, 0.2) is 0 Å². The van der Waals surface area contributed by atoms with Crippen LogP contribution in [0.1, 0.15) is 141 Å². The number of carbonyl (C=O) groups excluding carboxylic acids is 6. The predicted octanol–water partition coefficient (Wildman–Crippen LogP) is 3.55. The first-order valence-electron chi connectivity index (χ1n) is 21.6. The molecule has 0 radical (unpaired) electrons. The SMILES string of the molecule is CCCCCCCCCCCC(=O)NC(CCC(=O)C[C@@H](CCC(=O)NCCOCCOCC(=O)NCCCC[C@H](CC(=O)CCc1cnc[nH]1)C(N)=O)C(=O)O)C(=O)O. The summed E-state index contributed by atoms with van der Waals surface area (Å²) in [6.07, 6.45) is 14.7. The lowest BCUT2D eigenvalue weighted by Crippen LogP contribution is -2.41. The highest BCUT2D eigenvalue weighted by molar-refractivity contribution is 5.87. The minimum atomic E-state index is -1.27. The topological polar surface area (TPSA) is 286 Å². The maximum atomic E-state index is 12.6. The molecular weight excluding hydrogens is 780 g/mol. The summed E-state index contributed by atoms with van der Waals surface area (Å²) < 4.78 is 10.7. The molecule has 18 nitrogen and oxygen atoms in total.